The van der Waals surface area contributed by atoms with Gasteiger partial charge in [0.1, 0.15) is 6.61 Å². The number of nitrogens with zero attached hydrogens (tertiary/aromatic N) is 2. The number of carbonyl (C=O) groups is 1. The molecule has 136 valence electrons. The van der Waals surface area contributed by atoms with E-state index in [1.54, 1.807) is 24.3 Å². The monoisotopic (exact) mass is 377 g/mol. The number of amides is 1. The summed E-state index contributed by atoms with van der Waals surface area (Å²) >= 11 is 6.24. The van der Waals surface area contributed by atoms with E-state index in [9.17, 15) is 14.9 Å². The van der Waals surface area contributed by atoms with Gasteiger partial charge >= 0.3 is 0 Å². The Labute approximate surface area is 154 Å². The molecule has 0 fully saturated rings. The topological polar surface area (TPSA) is 103 Å². The highest BCUT2D eigenvalue weighted by atomic mass is 35.5. The average Bonchev–Trinajstić information content (AvgIpc) is 2.60. The van der Waals surface area contributed by atoms with E-state index < -0.39 is 4.92 Å². The summed E-state index contributed by atoms with van der Waals surface area (Å²) in [6.07, 6.45) is 1.42. The van der Waals surface area contributed by atoms with Crippen LogP contribution >= 0.6 is 11.6 Å². The number of carbonyl (C=O) groups excluding carboxylic acids is 1. The number of nitro groups is 1. The largest absolute Gasteiger partial charge is 0.493 e. The molecule has 0 radical (unpaired) electrons. The molecule has 2 aromatic carbocycles. The number of hydrogen-bond acceptors (Lipinski definition) is 6. The highest BCUT2D eigenvalue weighted by molar-refractivity contribution is 6.32. The van der Waals surface area contributed by atoms with Crippen molar-refractivity contribution in [3.05, 3.63) is 62.7 Å². The molecule has 2 aromatic rings. The molecule has 0 aliphatic rings. The zero-order valence-electron chi connectivity index (χ0n) is 14.1. The van der Waals surface area contributed by atoms with Crippen LogP contribution in [0.3, 0.4) is 0 Å². The van der Waals surface area contributed by atoms with Crippen LogP contribution < -0.4 is 14.9 Å². The van der Waals surface area contributed by atoms with Gasteiger partial charge in [-0.15, -0.1) is 0 Å². The van der Waals surface area contributed by atoms with Crippen molar-refractivity contribution in [2.45, 2.75) is 13.5 Å². The molecule has 0 aliphatic carbocycles. The van der Waals surface area contributed by atoms with Crippen LogP contribution in [-0.2, 0) is 11.4 Å². The second-order valence-electron chi connectivity index (χ2n) is 5.18. The van der Waals surface area contributed by atoms with Gasteiger partial charge in [-0.25, -0.2) is 5.43 Å². The van der Waals surface area contributed by atoms with Crippen molar-refractivity contribution in [3.63, 3.8) is 0 Å². The Bertz CT molecular complexity index is 854. The predicted molar refractivity (Wildman–Crippen MR) is 96.8 cm³/mol. The van der Waals surface area contributed by atoms with Gasteiger partial charge < -0.3 is 9.47 Å². The summed E-state index contributed by atoms with van der Waals surface area (Å²) in [4.78, 5) is 21.2. The quantitative estimate of drug-likeness (QED) is 0.453. The average molecular weight is 378 g/mol. The molecule has 0 unspecified atom stereocenters. The molecule has 0 bridgehead atoms. The number of non-ortho nitro benzene ring substituents is 1. The highest BCUT2D eigenvalue weighted by Crippen LogP contribution is 2.36. The van der Waals surface area contributed by atoms with Gasteiger partial charge in [0.2, 0.25) is 5.91 Å². The van der Waals surface area contributed by atoms with Crippen LogP contribution in [0.1, 0.15) is 18.1 Å². The van der Waals surface area contributed by atoms with Crippen molar-refractivity contribution < 1.29 is 19.2 Å². The van der Waals surface area contributed by atoms with Crippen molar-refractivity contribution in [1.29, 1.82) is 0 Å². The number of hydrazone groups is 1. The van der Waals surface area contributed by atoms with E-state index in [0.29, 0.717) is 22.6 Å². The zero-order valence-corrected chi connectivity index (χ0v) is 14.8. The summed E-state index contributed by atoms with van der Waals surface area (Å²) in [6, 6.07) is 9.35. The molecule has 0 spiro atoms. The van der Waals surface area contributed by atoms with Crippen molar-refractivity contribution >= 4 is 29.4 Å². The molecule has 0 saturated heterocycles. The Morgan fingerprint density at radius 2 is 2.15 bits per heavy atom. The SMILES string of the molecule is COc1cc(/C=N\NC(C)=O)cc(Cl)c1OCc1cccc([N+](=O)[O-])c1. The molecule has 9 heteroatoms. The normalized spacial score (nSPS) is 10.6. The number of halogens is 1. The summed E-state index contributed by atoms with van der Waals surface area (Å²) < 4.78 is 11.0. The number of benzene rings is 2. The Hall–Kier alpha value is -3.13. The van der Waals surface area contributed by atoms with Crippen molar-refractivity contribution in [2.75, 3.05) is 7.11 Å². The second kappa shape index (κ2) is 8.82. The van der Waals surface area contributed by atoms with E-state index in [0.717, 1.165) is 0 Å². The Morgan fingerprint density at radius 1 is 1.38 bits per heavy atom. The predicted octanol–water partition coefficient (Wildman–Crippen LogP) is 3.31. The molecular weight excluding hydrogens is 362 g/mol. The molecule has 0 atom stereocenters. The summed E-state index contributed by atoms with van der Waals surface area (Å²) in [5, 5.41) is 14.9. The third kappa shape index (κ3) is 5.18. The van der Waals surface area contributed by atoms with Gasteiger partial charge in [-0.3, -0.25) is 14.9 Å². The lowest BCUT2D eigenvalue weighted by atomic mass is 10.2. The molecule has 0 aliphatic heterocycles. The Morgan fingerprint density at radius 3 is 2.81 bits per heavy atom. The van der Waals surface area contributed by atoms with Crippen LogP contribution in [0.25, 0.3) is 0 Å². The molecule has 8 nitrogen and oxygen atoms in total. The van der Waals surface area contributed by atoms with E-state index in [1.807, 2.05) is 0 Å². The minimum Gasteiger partial charge on any atom is -0.493 e. The van der Waals surface area contributed by atoms with Gasteiger partial charge in [0.05, 0.1) is 23.3 Å². The molecule has 1 N–H and O–H groups in total. The molecule has 0 saturated carbocycles. The number of hydrogen-bond donors (Lipinski definition) is 1. The fraction of sp³-hybridized carbons (Fsp3) is 0.176. The van der Waals surface area contributed by atoms with E-state index in [4.69, 9.17) is 21.1 Å². The van der Waals surface area contributed by atoms with Crippen LogP contribution in [0.15, 0.2) is 41.5 Å². The third-order valence-corrected chi connectivity index (χ3v) is 3.47. The Kier molecular flexibility index (Phi) is 6.51. The number of nitrogens with one attached hydrogen (secondary N) is 1. The van der Waals surface area contributed by atoms with Crippen LogP contribution in [0.4, 0.5) is 5.69 Å². The molecule has 2 rings (SSSR count). The molecular formula is C17H16ClN3O5. The maximum Gasteiger partial charge on any atom is 0.269 e. The number of nitro benzene ring substituents is 1. The molecule has 1 amide bonds. The van der Waals surface area contributed by atoms with Crippen molar-refractivity contribution in [2.24, 2.45) is 5.10 Å². The number of ether oxygens (including phenoxy) is 2. The van der Waals surface area contributed by atoms with Gasteiger partial charge in [0, 0.05) is 19.1 Å². The number of rotatable bonds is 7. The standard InChI is InChI=1S/C17H16ClN3O5/c1-11(22)20-19-9-13-7-15(18)17(16(8-13)25-2)26-10-12-4-3-5-14(6-12)21(23)24/h3-9H,10H2,1-2H3,(H,20,22)/b19-9-. The maximum absolute atomic E-state index is 10.8. The molecule has 0 heterocycles. The number of methoxy groups -OCH3 is 1. The maximum atomic E-state index is 10.8. The first-order valence-corrected chi connectivity index (χ1v) is 7.82. The minimum absolute atomic E-state index is 0.0197. The molecule has 26 heavy (non-hydrogen) atoms. The Balaban J connectivity index is 2.18. The van der Waals surface area contributed by atoms with E-state index >= 15 is 0 Å². The van der Waals surface area contributed by atoms with E-state index in [2.05, 4.69) is 10.5 Å². The van der Waals surface area contributed by atoms with E-state index in [-0.39, 0.29) is 23.2 Å². The third-order valence-electron chi connectivity index (χ3n) is 3.19. The summed E-state index contributed by atoms with van der Waals surface area (Å²) in [5.41, 5.74) is 3.49. The first-order chi connectivity index (χ1) is 12.4. The van der Waals surface area contributed by atoms with Crippen LogP contribution in [-0.4, -0.2) is 24.2 Å². The van der Waals surface area contributed by atoms with E-state index in [1.165, 1.54) is 32.4 Å². The summed E-state index contributed by atoms with van der Waals surface area (Å²) in [7, 11) is 1.46. The van der Waals surface area contributed by atoms with Gasteiger partial charge in [0.25, 0.3) is 5.69 Å². The second-order valence-corrected chi connectivity index (χ2v) is 5.58. The minimum atomic E-state index is -0.472. The summed E-state index contributed by atoms with van der Waals surface area (Å²) in [6.45, 7) is 1.42. The van der Waals surface area contributed by atoms with Gasteiger partial charge in [-0.05, 0) is 23.3 Å². The fourth-order valence-electron chi connectivity index (χ4n) is 2.07. The van der Waals surface area contributed by atoms with Crippen LogP contribution in [0.2, 0.25) is 5.02 Å². The summed E-state index contributed by atoms with van der Waals surface area (Å²) in [5.74, 6) is 0.376. The van der Waals surface area contributed by atoms with Crippen LogP contribution in [0, 0.1) is 10.1 Å². The van der Waals surface area contributed by atoms with Crippen LogP contribution in [0.5, 0.6) is 11.5 Å². The molecule has 0 aromatic heterocycles. The first kappa shape index (κ1) is 19.2. The fourth-order valence-corrected chi connectivity index (χ4v) is 2.34. The first-order valence-electron chi connectivity index (χ1n) is 7.44. The smallest absolute Gasteiger partial charge is 0.269 e. The van der Waals surface area contributed by atoms with Crippen molar-refractivity contribution in [1.82, 2.24) is 5.43 Å². The van der Waals surface area contributed by atoms with Gasteiger partial charge in [0.15, 0.2) is 11.5 Å². The van der Waals surface area contributed by atoms with Gasteiger partial charge in [-0.1, -0.05) is 23.7 Å². The lowest BCUT2D eigenvalue weighted by Gasteiger charge is -2.13. The highest BCUT2D eigenvalue weighted by Gasteiger charge is 2.13. The lowest BCUT2D eigenvalue weighted by molar-refractivity contribution is -0.384. The lowest BCUT2D eigenvalue weighted by Crippen LogP contribution is -2.12. The zero-order chi connectivity index (χ0) is 19.1. The van der Waals surface area contributed by atoms with Gasteiger partial charge in [-0.2, -0.15) is 5.10 Å². The van der Waals surface area contributed by atoms with Crippen molar-refractivity contribution in [3.8, 4) is 11.5 Å².